The van der Waals surface area contributed by atoms with Gasteiger partial charge in [0.15, 0.2) is 5.69 Å². The molecule has 0 fully saturated rings. The maximum Gasteiger partial charge on any atom is 0.274 e. The van der Waals surface area contributed by atoms with E-state index in [0.29, 0.717) is 36.1 Å². The topological polar surface area (TPSA) is 55.2 Å². The van der Waals surface area contributed by atoms with Gasteiger partial charge in [-0.05, 0) is 25.8 Å². The van der Waals surface area contributed by atoms with E-state index in [0.717, 1.165) is 0 Å². The maximum absolute atomic E-state index is 12.7. The summed E-state index contributed by atoms with van der Waals surface area (Å²) in [5, 5.41) is 5.55. The first-order chi connectivity index (χ1) is 10.5. The average molecular weight is 301 g/mol. The molecule has 0 aliphatic rings. The van der Waals surface area contributed by atoms with Crippen molar-refractivity contribution < 1.29 is 4.79 Å². The zero-order chi connectivity index (χ0) is 16.3. The molecule has 0 aliphatic heterocycles. The summed E-state index contributed by atoms with van der Waals surface area (Å²) in [6.45, 7) is 9.66. The summed E-state index contributed by atoms with van der Waals surface area (Å²) in [5.41, 5.74) is 0.222. The summed E-state index contributed by atoms with van der Waals surface area (Å²) in [4.78, 5) is 27.0. The highest BCUT2D eigenvalue weighted by atomic mass is 16.2. The van der Waals surface area contributed by atoms with Gasteiger partial charge < -0.3 is 4.90 Å². The van der Waals surface area contributed by atoms with Gasteiger partial charge in [0.25, 0.3) is 11.5 Å². The van der Waals surface area contributed by atoms with Gasteiger partial charge >= 0.3 is 0 Å². The van der Waals surface area contributed by atoms with Crippen LogP contribution in [0, 0.1) is 5.92 Å². The molecule has 0 N–H and O–H groups in total. The molecule has 0 spiro atoms. The van der Waals surface area contributed by atoms with Crippen molar-refractivity contribution >= 4 is 16.7 Å². The van der Waals surface area contributed by atoms with Crippen molar-refractivity contribution in [3.8, 4) is 0 Å². The fourth-order valence-corrected chi connectivity index (χ4v) is 2.52. The fraction of sp³-hybridized carbons (Fsp3) is 0.471. The number of amides is 1. The van der Waals surface area contributed by atoms with E-state index in [4.69, 9.17) is 0 Å². The lowest BCUT2D eigenvalue weighted by Gasteiger charge is -2.20. The lowest BCUT2D eigenvalue weighted by molar-refractivity contribution is 0.0766. The molecule has 1 aromatic carbocycles. The van der Waals surface area contributed by atoms with Gasteiger partial charge in [-0.2, -0.15) is 5.10 Å². The lowest BCUT2D eigenvalue weighted by atomic mass is 10.1. The minimum Gasteiger partial charge on any atom is -0.338 e. The Morgan fingerprint density at radius 3 is 2.32 bits per heavy atom. The van der Waals surface area contributed by atoms with Crippen LogP contribution in [0.2, 0.25) is 0 Å². The molecule has 0 bridgehead atoms. The van der Waals surface area contributed by atoms with Crippen molar-refractivity contribution in [3.63, 3.8) is 0 Å². The Morgan fingerprint density at radius 1 is 1.18 bits per heavy atom. The summed E-state index contributed by atoms with van der Waals surface area (Å²) in [5.74, 6) is 0.154. The number of nitrogens with zero attached hydrogens (tertiary/aromatic N) is 3. The van der Waals surface area contributed by atoms with E-state index in [1.165, 1.54) is 4.68 Å². The molecule has 118 valence electrons. The van der Waals surface area contributed by atoms with Gasteiger partial charge in [0, 0.05) is 25.0 Å². The van der Waals surface area contributed by atoms with Gasteiger partial charge in [0.05, 0.1) is 5.39 Å². The van der Waals surface area contributed by atoms with Crippen LogP contribution >= 0.6 is 0 Å². The highest BCUT2D eigenvalue weighted by Gasteiger charge is 2.20. The maximum atomic E-state index is 12.7. The molecule has 1 heterocycles. The van der Waals surface area contributed by atoms with Crippen molar-refractivity contribution in [1.29, 1.82) is 0 Å². The van der Waals surface area contributed by atoms with E-state index < -0.39 is 0 Å². The third-order valence-corrected chi connectivity index (χ3v) is 3.66. The van der Waals surface area contributed by atoms with E-state index in [1.54, 1.807) is 17.0 Å². The number of fused-ring (bicyclic) bond motifs is 1. The van der Waals surface area contributed by atoms with Crippen LogP contribution < -0.4 is 5.56 Å². The Bertz CT molecular complexity index is 730. The molecule has 0 atom stereocenters. The molecule has 0 saturated heterocycles. The summed E-state index contributed by atoms with van der Waals surface area (Å²) in [7, 11) is 0. The zero-order valence-electron chi connectivity index (χ0n) is 13.7. The van der Waals surface area contributed by atoms with Gasteiger partial charge in [0.1, 0.15) is 0 Å². The number of carbonyl (C=O) groups is 1. The van der Waals surface area contributed by atoms with E-state index >= 15 is 0 Å². The number of benzene rings is 1. The first-order valence-electron chi connectivity index (χ1n) is 7.78. The molecule has 5 heteroatoms. The quantitative estimate of drug-likeness (QED) is 0.852. The predicted octanol–water partition coefficient (Wildman–Crippen LogP) is 2.53. The highest BCUT2D eigenvalue weighted by Crippen LogP contribution is 2.15. The Labute approximate surface area is 130 Å². The molecular formula is C17H23N3O2. The Kier molecular flexibility index (Phi) is 4.96. The van der Waals surface area contributed by atoms with E-state index in [2.05, 4.69) is 5.10 Å². The smallest absolute Gasteiger partial charge is 0.274 e. The monoisotopic (exact) mass is 301 g/mol. The summed E-state index contributed by atoms with van der Waals surface area (Å²) >= 11 is 0. The molecule has 0 radical (unpaired) electrons. The number of rotatable bonds is 5. The van der Waals surface area contributed by atoms with Gasteiger partial charge in [-0.3, -0.25) is 9.59 Å². The summed E-state index contributed by atoms with van der Waals surface area (Å²) in [6, 6.07) is 7.19. The fourth-order valence-electron chi connectivity index (χ4n) is 2.52. The molecule has 1 aromatic heterocycles. The number of hydrogen-bond acceptors (Lipinski definition) is 3. The largest absolute Gasteiger partial charge is 0.338 e. The Balaban J connectivity index is 2.69. The van der Waals surface area contributed by atoms with Crippen LogP contribution in [0.15, 0.2) is 29.1 Å². The molecule has 2 aromatic rings. The van der Waals surface area contributed by atoms with Crippen molar-refractivity contribution in [1.82, 2.24) is 14.7 Å². The van der Waals surface area contributed by atoms with Crippen LogP contribution in [0.3, 0.4) is 0 Å². The average Bonchev–Trinajstić information content (AvgIpc) is 2.51. The molecule has 5 nitrogen and oxygen atoms in total. The van der Waals surface area contributed by atoms with Gasteiger partial charge in [-0.1, -0.05) is 32.0 Å². The second-order valence-electron chi connectivity index (χ2n) is 5.75. The Morgan fingerprint density at radius 2 is 1.77 bits per heavy atom. The normalized spacial score (nSPS) is 11.1. The first-order valence-corrected chi connectivity index (χ1v) is 7.78. The summed E-state index contributed by atoms with van der Waals surface area (Å²) < 4.78 is 1.42. The molecule has 2 rings (SSSR count). The molecule has 22 heavy (non-hydrogen) atoms. The van der Waals surface area contributed by atoms with Gasteiger partial charge in [-0.15, -0.1) is 0 Å². The van der Waals surface area contributed by atoms with E-state index in [1.807, 2.05) is 39.8 Å². The van der Waals surface area contributed by atoms with Crippen LogP contribution in [0.25, 0.3) is 10.8 Å². The van der Waals surface area contributed by atoms with Crippen LogP contribution in [-0.2, 0) is 6.54 Å². The first kappa shape index (κ1) is 16.2. The summed E-state index contributed by atoms with van der Waals surface area (Å²) in [6.07, 6.45) is 0. The highest BCUT2D eigenvalue weighted by molar-refractivity contribution is 6.04. The van der Waals surface area contributed by atoms with Crippen molar-refractivity contribution in [2.75, 3.05) is 13.1 Å². The molecule has 0 aliphatic carbocycles. The van der Waals surface area contributed by atoms with Gasteiger partial charge in [-0.25, -0.2) is 4.68 Å². The third-order valence-electron chi connectivity index (χ3n) is 3.66. The minimum absolute atomic E-state index is 0.126. The lowest BCUT2D eigenvalue weighted by Crippen LogP contribution is -2.34. The number of carbonyl (C=O) groups excluding carboxylic acids is 1. The zero-order valence-corrected chi connectivity index (χ0v) is 13.7. The second kappa shape index (κ2) is 6.73. The predicted molar refractivity (Wildman–Crippen MR) is 88.1 cm³/mol. The van der Waals surface area contributed by atoms with Crippen LogP contribution in [-0.4, -0.2) is 33.7 Å². The molecule has 1 amide bonds. The van der Waals surface area contributed by atoms with Gasteiger partial charge in [0.2, 0.25) is 0 Å². The molecule has 0 saturated carbocycles. The van der Waals surface area contributed by atoms with E-state index in [-0.39, 0.29) is 17.4 Å². The van der Waals surface area contributed by atoms with Crippen LogP contribution in [0.5, 0.6) is 0 Å². The standard InChI is InChI=1S/C17H23N3O2/c1-5-19(6-2)17(22)15-13-9-7-8-10-14(13)16(21)20(18-15)11-12(3)4/h7-10,12H,5-6,11H2,1-4H3. The number of aromatic nitrogens is 2. The SMILES string of the molecule is CCN(CC)C(=O)c1nn(CC(C)C)c(=O)c2ccccc12. The third kappa shape index (κ3) is 3.03. The van der Waals surface area contributed by atoms with Crippen LogP contribution in [0.1, 0.15) is 38.2 Å². The minimum atomic E-state index is -0.139. The molecular weight excluding hydrogens is 278 g/mol. The molecule has 0 unspecified atom stereocenters. The van der Waals surface area contributed by atoms with E-state index in [9.17, 15) is 9.59 Å². The van der Waals surface area contributed by atoms with Crippen LogP contribution in [0.4, 0.5) is 0 Å². The second-order valence-corrected chi connectivity index (χ2v) is 5.75. The number of hydrogen-bond donors (Lipinski definition) is 0. The van der Waals surface area contributed by atoms with Crippen molar-refractivity contribution in [2.45, 2.75) is 34.2 Å². The van der Waals surface area contributed by atoms with Crippen molar-refractivity contribution in [3.05, 3.63) is 40.3 Å². The Hall–Kier alpha value is -2.17. The van der Waals surface area contributed by atoms with Crippen molar-refractivity contribution in [2.24, 2.45) is 5.92 Å².